The third kappa shape index (κ3) is 1.75. The summed E-state index contributed by atoms with van der Waals surface area (Å²) in [5, 5.41) is 0. The van der Waals surface area contributed by atoms with E-state index in [1.54, 1.807) is 19.6 Å². The van der Waals surface area contributed by atoms with Crippen LogP contribution in [0.2, 0.25) is 0 Å². The van der Waals surface area contributed by atoms with Gasteiger partial charge in [0.2, 0.25) is 0 Å². The van der Waals surface area contributed by atoms with Crippen molar-refractivity contribution in [3.05, 3.63) is 36.8 Å². The SMILES string of the molecule is CONc1ccc(-c2cnc[nH]2)cc1. The van der Waals surface area contributed by atoms with Crippen LogP contribution in [-0.4, -0.2) is 17.1 Å². The number of aromatic amines is 1. The van der Waals surface area contributed by atoms with Gasteiger partial charge in [-0.25, -0.2) is 4.98 Å². The van der Waals surface area contributed by atoms with Crippen molar-refractivity contribution in [2.75, 3.05) is 12.6 Å². The minimum atomic E-state index is 0.927. The fraction of sp³-hybridized carbons (Fsp3) is 0.100. The quantitative estimate of drug-likeness (QED) is 0.726. The van der Waals surface area contributed by atoms with Crippen LogP contribution in [0.4, 0.5) is 5.69 Å². The second kappa shape index (κ2) is 3.93. The van der Waals surface area contributed by atoms with Gasteiger partial charge in [0, 0.05) is 0 Å². The van der Waals surface area contributed by atoms with Gasteiger partial charge in [0.05, 0.1) is 31.0 Å². The Kier molecular flexibility index (Phi) is 2.46. The predicted molar refractivity (Wildman–Crippen MR) is 54.7 cm³/mol. The monoisotopic (exact) mass is 189 g/mol. The molecule has 0 unspecified atom stereocenters. The molecule has 2 aromatic rings. The maximum Gasteiger partial charge on any atom is 0.0924 e. The molecule has 0 saturated carbocycles. The van der Waals surface area contributed by atoms with Crippen LogP contribution in [0.5, 0.6) is 0 Å². The first kappa shape index (κ1) is 8.77. The van der Waals surface area contributed by atoms with E-state index >= 15 is 0 Å². The Hall–Kier alpha value is -1.81. The summed E-state index contributed by atoms with van der Waals surface area (Å²) in [6, 6.07) is 7.88. The number of imidazole rings is 1. The maximum absolute atomic E-state index is 4.79. The van der Waals surface area contributed by atoms with Crippen LogP contribution in [-0.2, 0) is 4.84 Å². The van der Waals surface area contributed by atoms with Crippen molar-refractivity contribution in [2.45, 2.75) is 0 Å². The topological polar surface area (TPSA) is 49.9 Å². The number of H-pyrrole nitrogens is 1. The van der Waals surface area contributed by atoms with E-state index in [-0.39, 0.29) is 0 Å². The average molecular weight is 189 g/mol. The highest BCUT2D eigenvalue weighted by atomic mass is 16.6. The van der Waals surface area contributed by atoms with Crippen molar-refractivity contribution >= 4 is 5.69 Å². The summed E-state index contributed by atoms with van der Waals surface area (Å²) in [7, 11) is 1.59. The molecule has 1 aromatic carbocycles. The number of rotatable bonds is 3. The molecule has 4 nitrogen and oxygen atoms in total. The lowest BCUT2D eigenvalue weighted by Gasteiger charge is -2.03. The number of benzene rings is 1. The summed E-state index contributed by atoms with van der Waals surface area (Å²) in [4.78, 5) is 11.8. The molecule has 0 aliphatic heterocycles. The van der Waals surface area contributed by atoms with E-state index < -0.39 is 0 Å². The third-order valence-electron chi connectivity index (χ3n) is 1.91. The zero-order valence-electron chi connectivity index (χ0n) is 7.82. The summed E-state index contributed by atoms with van der Waals surface area (Å²) in [5.74, 6) is 0. The van der Waals surface area contributed by atoms with Gasteiger partial charge in [-0.3, -0.25) is 10.3 Å². The fourth-order valence-corrected chi connectivity index (χ4v) is 1.25. The molecule has 0 aliphatic carbocycles. The molecule has 2 rings (SSSR count). The number of hydrogen-bond acceptors (Lipinski definition) is 3. The highest BCUT2D eigenvalue weighted by Gasteiger charge is 1.97. The molecule has 1 aromatic heterocycles. The van der Waals surface area contributed by atoms with Crippen molar-refractivity contribution in [1.29, 1.82) is 0 Å². The highest BCUT2D eigenvalue weighted by Crippen LogP contribution is 2.18. The van der Waals surface area contributed by atoms with Gasteiger partial charge in [-0.05, 0) is 17.7 Å². The summed E-state index contributed by atoms with van der Waals surface area (Å²) in [5.41, 5.74) is 5.79. The largest absolute Gasteiger partial charge is 0.345 e. The summed E-state index contributed by atoms with van der Waals surface area (Å²) >= 11 is 0. The zero-order chi connectivity index (χ0) is 9.80. The molecule has 0 aliphatic rings. The van der Waals surface area contributed by atoms with Gasteiger partial charge in [-0.15, -0.1) is 0 Å². The van der Waals surface area contributed by atoms with Gasteiger partial charge in [0.15, 0.2) is 0 Å². The molecule has 0 bridgehead atoms. The van der Waals surface area contributed by atoms with Gasteiger partial charge < -0.3 is 4.98 Å². The van der Waals surface area contributed by atoms with Crippen LogP contribution >= 0.6 is 0 Å². The third-order valence-corrected chi connectivity index (χ3v) is 1.91. The fourth-order valence-electron chi connectivity index (χ4n) is 1.25. The molecule has 0 spiro atoms. The lowest BCUT2D eigenvalue weighted by molar-refractivity contribution is 0.271. The molecule has 0 fully saturated rings. The van der Waals surface area contributed by atoms with Crippen molar-refractivity contribution in [1.82, 2.24) is 9.97 Å². The molecule has 0 saturated heterocycles. The van der Waals surface area contributed by atoms with E-state index in [9.17, 15) is 0 Å². The summed E-state index contributed by atoms with van der Waals surface area (Å²) in [6.45, 7) is 0. The highest BCUT2D eigenvalue weighted by molar-refractivity contribution is 5.61. The number of aromatic nitrogens is 2. The van der Waals surface area contributed by atoms with Crippen LogP contribution in [0.15, 0.2) is 36.8 Å². The molecule has 1 heterocycles. The second-order valence-corrected chi connectivity index (χ2v) is 2.85. The van der Waals surface area contributed by atoms with E-state index in [0.29, 0.717) is 0 Å². The van der Waals surface area contributed by atoms with E-state index in [1.165, 1.54) is 0 Å². The van der Waals surface area contributed by atoms with Crippen LogP contribution in [0.1, 0.15) is 0 Å². The maximum atomic E-state index is 4.79. The summed E-state index contributed by atoms with van der Waals surface area (Å²) < 4.78 is 0. The average Bonchev–Trinajstić information content (AvgIpc) is 2.72. The van der Waals surface area contributed by atoms with Crippen molar-refractivity contribution in [2.24, 2.45) is 0 Å². The lowest BCUT2D eigenvalue weighted by atomic mass is 10.1. The van der Waals surface area contributed by atoms with Crippen LogP contribution < -0.4 is 5.48 Å². The number of nitrogens with zero attached hydrogens (tertiary/aromatic N) is 1. The van der Waals surface area contributed by atoms with Gasteiger partial charge in [0.1, 0.15) is 0 Å². The first-order chi connectivity index (χ1) is 6.90. The van der Waals surface area contributed by atoms with E-state index in [2.05, 4.69) is 15.4 Å². The standard InChI is InChI=1S/C10H11N3O/c1-14-13-9-4-2-8(3-5-9)10-6-11-7-12-10/h2-7,13H,1H3,(H,11,12). The first-order valence-corrected chi connectivity index (χ1v) is 4.28. The molecular weight excluding hydrogens is 178 g/mol. The van der Waals surface area contributed by atoms with E-state index in [0.717, 1.165) is 16.9 Å². The van der Waals surface area contributed by atoms with E-state index in [4.69, 9.17) is 4.84 Å². The molecule has 2 N–H and O–H groups in total. The number of nitrogens with one attached hydrogen (secondary N) is 2. The molecule has 0 atom stereocenters. The van der Waals surface area contributed by atoms with Gasteiger partial charge in [0.25, 0.3) is 0 Å². The Morgan fingerprint density at radius 3 is 2.64 bits per heavy atom. The predicted octanol–water partition coefficient (Wildman–Crippen LogP) is 2.05. The van der Waals surface area contributed by atoms with Gasteiger partial charge in [-0.1, -0.05) is 12.1 Å². The molecule has 0 amide bonds. The van der Waals surface area contributed by atoms with Crippen LogP contribution in [0, 0.1) is 0 Å². The van der Waals surface area contributed by atoms with Crippen LogP contribution in [0.25, 0.3) is 11.3 Å². The molecule has 4 heteroatoms. The molecule has 0 radical (unpaired) electrons. The van der Waals surface area contributed by atoms with Gasteiger partial charge in [-0.2, -0.15) is 0 Å². The minimum Gasteiger partial charge on any atom is -0.345 e. The molecule has 72 valence electrons. The Morgan fingerprint density at radius 1 is 1.29 bits per heavy atom. The minimum absolute atomic E-state index is 0.927. The van der Waals surface area contributed by atoms with E-state index in [1.807, 2.05) is 24.3 Å². The Labute approximate surface area is 81.9 Å². The second-order valence-electron chi connectivity index (χ2n) is 2.85. The number of anilines is 1. The Balaban J connectivity index is 2.22. The Bertz CT molecular complexity index is 380. The van der Waals surface area contributed by atoms with Crippen molar-refractivity contribution in [3.8, 4) is 11.3 Å². The number of hydrogen-bond donors (Lipinski definition) is 2. The lowest BCUT2D eigenvalue weighted by Crippen LogP contribution is -1.94. The normalized spacial score (nSPS) is 10.1. The Morgan fingerprint density at radius 2 is 2.07 bits per heavy atom. The molecule has 14 heavy (non-hydrogen) atoms. The smallest absolute Gasteiger partial charge is 0.0924 e. The molecular formula is C10H11N3O. The van der Waals surface area contributed by atoms with Crippen molar-refractivity contribution < 1.29 is 4.84 Å². The first-order valence-electron chi connectivity index (χ1n) is 4.28. The van der Waals surface area contributed by atoms with Gasteiger partial charge >= 0.3 is 0 Å². The zero-order valence-corrected chi connectivity index (χ0v) is 7.82. The van der Waals surface area contributed by atoms with Crippen LogP contribution in [0.3, 0.4) is 0 Å². The summed E-state index contributed by atoms with van der Waals surface area (Å²) in [6.07, 6.45) is 3.45. The van der Waals surface area contributed by atoms with Crippen molar-refractivity contribution in [3.63, 3.8) is 0 Å².